The summed E-state index contributed by atoms with van der Waals surface area (Å²) < 4.78 is 42.8. The second kappa shape index (κ2) is 13.2. The highest BCUT2D eigenvalue weighted by Crippen LogP contribution is 2.45. The van der Waals surface area contributed by atoms with Crippen molar-refractivity contribution in [3.05, 3.63) is 78.6 Å². The number of hydrogen-bond acceptors (Lipinski definition) is 9. The maximum absolute atomic E-state index is 15.0. The number of carbonyl (C=O) groups is 3. The van der Waals surface area contributed by atoms with Gasteiger partial charge in [-0.2, -0.15) is 10.1 Å². The topological polar surface area (TPSA) is 119 Å². The van der Waals surface area contributed by atoms with Crippen molar-refractivity contribution in [2.24, 2.45) is 0 Å². The summed E-state index contributed by atoms with van der Waals surface area (Å²) in [5.74, 6) is -2.20. The fraction of sp³-hybridized carbons (Fsp3) is 0.424. The van der Waals surface area contributed by atoms with Gasteiger partial charge in [-0.3, -0.25) is 9.59 Å². The Morgan fingerprint density at radius 1 is 0.708 bits per heavy atom. The summed E-state index contributed by atoms with van der Waals surface area (Å²) in [4.78, 5) is 52.2. The first kappa shape index (κ1) is 34.6. The Hall–Kier alpha value is -3.21. The van der Waals surface area contributed by atoms with Crippen molar-refractivity contribution in [3.63, 3.8) is 0 Å². The monoisotopic (exact) mass is 794 g/mol. The Bertz CT molecular complexity index is 1640. The van der Waals surface area contributed by atoms with Crippen LogP contribution in [-0.4, -0.2) is 79.6 Å². The number of rotatable bonds is 6. The first-order valence-electron chi connectivity index (χ1n) is 15.4. The number of piperidine rings is 2. The highest BCUT2D eigenvalue weighted by molar-refractivity contribution is 9.10. The van der Waals surface area contributed by atoms with E-state index in [1.54, 1.807) is 36.5 Å². The third kappa shape index (κ3) is 6.09. The molecule has 4 aliphatic heterocycles. The lowest BCUT2D eigenvalue weighted by Gasteiger charge is -2.39. The number of hydrogen-bond donors (Lipinski definition) is 2. The SMILES string of the molecule is CON1CCC2(CC1)NC(=O)C(c1cc(Br)cc(F)c1C)=C2OC(=O)OC1=C(c2cc(Br)cc(F)c2C)C(=O)NC12CCN(OC)CC2. The van der Waals surface area contributed by atoms with Crippen LogP contribution in [0.2, 0.25) is 0 Å². The number of carbonyl (C=O) groups excluding carboxylic acids is 3. The Kier molecular flexibility index (Phi) is 9.56. The molecule has 2 amide bonds. The number of hydroxylamine groups is 4. The van der Waals surface area contributed by atoms with Gasteiger partial charge in [0.25, 0.3) is 11.8 Å². The number of benzene rings is 2. The van der Waals surface area contributed by atoms with Gasteiger partial charge in [-0.15, -0.1) is 0 Å². The molecule has 0 bridgehead atoms. The molecular formula is C33H34Br2F2N4O7. The van der Waals surface area contributed by atoms with E-state index in [2.05, 4.69) is 42.5 Å². The van der Waals surface area contributed by atoms with Gasteiger partial charge in [0.2, 0.25) is 0 Å². The third-order valence-corrected chi connectivity index (χ3v) is 10.6. The van der Waals surface area contributed by atoms with E-state index < -0.39 is 40.7 Å². The molecule has 4 heterocycles. The van der Waals surface area contributed by atoms with Crippen LogP contribution < -0.4 is 10.6 Å². The van der Waals surface area contributed by atoms with Crippen LogP contribution in [0.25, 0.3) is 11.1 Å². The van der Waals surface area contributed by atoms with Gasteiger partial charge in [0, 0.05) is 35.1 Å². The van der Waals surface area contributed by atoms with E-state index >= 15 is 0 Å². The van der Waals surface area contributed by atoms with E-state index in [1.807, 2.05) is 0 Å². The summed E-state index contributed by atoms with van der Waals surface area (Å²) in [5.41, 5.74) is -1.39. The van der Waals surface area contributed by atoms with Gasteiger partial charge < -0.3 is 29.8 Å². The predicted molar refractivity (Wildman–Crippen MR) is 176 cm³/mol. The number of nitrogens with one attached hydrogen (secondary N) is 2. The first-order chi connectivity index (χ1) is 22.8. The molecule has 4 aliphatic rings. The van der Waals surface area contributed by atoms with Crippen LogP contribution in [0.4, 0.5) is 13.6 Å². The van der Waals surface area contributed by atoms with Gasteiger partial charge in [-0.1, -0.05) is 31.9 Å². The molecule has 2 spiro atoms. The molecular weight excluding hydrogens is 762 g/mol. The minimum Gasteiger partial charge on any atom is -0.396 e. The molecule has 0 atom stereocenters. The highest BCUT2D eigenvalue weighted by atomic mass is 79.9. The van der Waals surface area contributed by atoms with Crippen LogP contribution >= 0.6 is 31.9 Å². The molecule has 48 heavy (non-hydrogen) atoms. The normalized spacial score (nSPS) is 20.9. The largest absolute Gasteiger partial charge is 0.518 e. The number of nitrogens with zero attached hydrogens (tertiary/aromatic N) is 2. The van der Waals surface area contributed by atoms with Crippen molar-refractivity contribution < 1.29 is 42.3 Å². The average Bonchev–Trinajstić information content (AvgIpc) is 3.45. The summed E-state index contributed by atoms with van der Waals surface area (Å²) in [6.45, 7) is 4.68. The van der Waals surface area contributed by atoms with Gasteiger partial charge in [0.05, 0.1) is 25.4 Å². The third-order valence-electron chi connectivity index (χ3n) is 9.68. The van der Waals surface area contributed by atoms with Crippen LogP contribution in [-0.2, 0) is 28.7 Å². The van der Waals surface area contributed by atoms with E-state index in [4.69, 9.17) is 19.1 Å². The van der Waals surface area contributed by atoms with E-state index in [1.165, 1.54) is 26.0 Å². The molecule has 15 heteroatoms. The summed E-state index contributed by atoms with van der Waals surface area (Å²) in [7, 11) is 3.09. The Morgan fingerprint density at radius 3 is 1.40 bits per heavy atom. The Labute approximate surface area is 292 Å². The quantitative estimate of drug-likeness (QED) is 0.369. The molecule has 0 aliphatic carbocycles. The standard InChI is InChI=1S/C33H34Br2F2N4O7/c1-17-21(13-19(34)15-23(17)36)25-27(32(38-29(25)42)5-9-40(45-3)10-6-32)47-31(44)48-28-26(22-14-20(35)16-24(37)18(22)2)30(43)39-33(28)7-11-41(46-4)12-8-33/h13-16H,5-12H2,1-4H3,(H,38,42)(H,39,43). The van der Waals surface area contributed by atoms with Gasteiger partial charge in [0.15, 0.2) is 11.5 Å². The van der Waals surface area contributed by atoms with Crippen molar-refractivity contribution in [2.75, 3.05) is 40.4 Å². The minimum atomic E-state index is -1.20. The van der Waals surface area contributed by atoms with E-state index in [-0.39, 0.29) is 44.9 Å². The summed E-state index contributed by atoms with van der Waals surface area (Å²) in [6.07, 6.45) is 0.0575. The van der Waals surface area contributed by atoms with Crippen molar-refractivity contribution in [1.29, 1.82) is 0 Å². The molecule has 11 nitrogen and oxygen atoms in total. The molecule has 0 radical (unpaired) electrons. The molecule has 0 aromatic heterocycles. The zero-order valence-electron chi connectivity index (χ0n) is 26.7. The second-order valence-corrected chi connectivity index (χ2v) is 14.1. The molecule has 256 valence electrons. The lowest BCUT2D eigenvalue weighted by Crippen LogP contribution is -2.54. The van der Waals surface area contributed by atoms with Crippen LogP contribution in [0.1, 0.15) is 47.9 Å². The number of halogens is 4. The van der Waals surface area contributed by atoms with Crippen LogP contribution in [0.3, 0.4) is 0 Å². The van der Waals surface area contributed by atoms with Gasteiger partial charge in [0.1, 0.15) is 22.7 Å². The van der Waals surface area contributed by atoms with Crippen molar-refractivity contribution in [2.45, 2.75) is 50.6 Å². The molecule has 2 fully saturated rings. The fourth-order valence-corrected chi connectivity index (χ4v) is 7.81. The zero-order valence-corrected chi connectivity index (χ0v) is 29.9. The van der Waals surface area contributed by atoms with Gasteiger partial charge >= 0.3 is 6.16 Å². The van der Waals surface area contributed by atoms with E-state index in [9.17, 15) is 23.2 Å². The average molecular weight is 796 g/mol. The van der Waals surface area contributed by atoms with E-state index in [0.29, 0.717) is 60.8 Å². The lowest BCUT2D eigenvalue weighted by molar-refractivity contribution is -0.153. The molecule has 2 aromatic carbocycles. The molecule has 6 rings (SSSR count). The predicted octanol–water partition coefficient (Wildman–Crippen LogP) is 5.43. The van der Waals surface area contributed by atoms with Crippen LogP contribution in [0.15, 0.2) is 44.7 Å². The molecule has 0 saturated carbocycles. The van der Waals surface area contributed by atoms with E-state index in [0.717, 1.165) is 0 Å². The van der Waals surface area contributed by atoms with Crippen LogP contribution in [0, 0.1) is 25.5 Å². The lowest BCUT2D eigenvalue weighted by atomic mass is 9.85. The van der Waals surface area contributed by atoms with Crippen molar-refractivity contribution in [3.8, 4) is 0 Å². The number of amides is 2. The fourth-order valence-electron chi connectivity index (χ4n) is 6.95. The summed E-state index contributed by atoms with van der Waals surface area (Å²) >= 11 is 6.62. The van der Waals surface area contributed by atoms with Crippen molar-refractivity contribution in [1.82, 2.24) is 20.8 Å². The Balaban J connectivity index is 1.45. The van der Waals surface area contributed by atoms with Crippen molar-refractivity contribution >= 4 is 61.0 Å². The molecule has 2 saturated heterocycles. The first-order valence-corrected chi connectivity index (χ1v) is 16.9. The highest BCUT2D eigenvalue weighted by Gasteiger charge is 2.53. The minimum absolute atomic E-state index is 0.00151. The molecule has 0 unspecified atom stereocenters. The molecule has 2 aromatic rings. The maximum atomic E-state index is 15.0. The second-order valence-electron chi connectivity index (χ2n) is 12.3. The Morgan fingerprint density at radius 2 is 1.06 bits per heavy atom. The van der Waals surface area contributed by atoms with Crippen LogP contribution in [0.5, 0.6) is 0 Å². The summed E-state index contributed by atoms with van der Waals surface area (Å²) in [6, 6.07) is 5.75. The zero-order chi connectivity index (χ0) is 34.5. The molecule has 2 N–H and O–H groups in total. The maximum Gasteiger partial charge on any atom is 0.518 e. The van der Waals surface area contributed by atoms with Gasteiger partial charge in [-0.25, -0.2) is 13.6 Å². The van der Waals surface area contributed by atoms with Gasteiger partial charge in [-0.05, 0) is 86.1 Å². The summed E-state index contributed by atoms with van der Waals surface area (Å²) in [5, 5.41) is 9.43. The number of ether oxygens (including phenoxy) is 2. The smallest absolute Gasteiger partial charge is 0.396 e.